The molecule has 0 aliphatic heterocycles. The first-order chi connectivity index (χ1) is 8.67. The van der Waals surface area contributed by atoms with Gasteiger partial charge < -0.3 is 10.2 Å². The van der Waals surface area contributed by atoms with Gasteiger partial charge in [-0.25, -0.2) is 0 Å². The van der Waals surface area contributed by atoms with E-state index in [1.807, 2.05) is 18.8 Å². The molecular formula is C14H23BrN2S. The summed E-state index contributed by atoms with van der Waals surface area (Å²) in [6.45, 7) is 2.29. The van der Waals surface area contributed by atoms with E-state index in [2.05, 4.69) is 63.7 Å². The van der Waals surface area contributed by atoms with E-state index in [9.17, 15) is 0 Å². The molecule has 0 fully saturated rings. The van der Waals surface area contributed by atoms with Crippen molar-refractivity contribution < 1.29 is 0 Å². The zero-order valence-electron chi connectivity index (χ0n) is 11.4. The fraction of sp³-hybridized carbons (Fsp3) is 0.571. The van der Waals surface area contributed by atoms with Crippen molar-refractivity contribution in [3.05, 3.63) is 34.3 Å². The van der Waals surface area contributed by atoms with E-state index < -0.39 is 0 Å². The first-order valence-corrected chi connectivity index (χ1v) is 8.46. The largest absolute Gasteiger partial charge is 0.313 e. The van der Waals surface area contributed by atoms with E-state index in [1.54, 1.807) is 0 Å². The minimum atomic E-state index is 0.440. The van der Waals surface area contributed by atoms with Crippen molar-refractivity contribution in [3.63, 3.8) is 0 Å². The molecule has 0 saturated heterocycles. The fourth-order valence-corrected chi connectivity index (χ4v) is 2.64. The van der Waals surface area contributed by atoms with Crippen LogP contribution in [0.1, 0.15) is 18.0 Å². The molecule has 0 aliphatic carbocycles. The van der Waals surface area contributed by atoms with Crippen LogP contribution >= 0.6 is 27.7 Å². The van der Waals surface area contributed by atoms with Gasteiger partial charge in [0.2, 0.25) is 0 Å². The van der Waals surface area contributed by atoms with Crippen molar-refractivity contribution in [2.75, 3.05) is 39.2 Å². The Bertz CT molecular complexity index is 329. The van der Waals surface area contributed by atoms with Crippen LogP contribution in [0.3, 0.4) is 0 Å². The van der Waals surface area contributed by atoms with Crippen LogP contribution < -0.4 is 5.32 Å². The average Bonchev–Trinajstić information content (AvgIpc) is 2.39. The Balaban J connectivity index is 2.44. The lowest BCUT2D eigenvalue weighted by molar-refractivity contribution is 0.328. The molecular weight excluding hydrogens is 308 g/mol. The predicted octanol–water partition coefficient (Wildman–Crippen LogP) is 3.39. The quantitative estimate of drug-likeness (QED) is 0.786. The van der Waals surface area contributed by atoms with Gasteiger partial charge in [0.15, 0.2) is 0 Å². The fourth-order valence-electron chi connectivity index (χ4n) is 1.88. The highest BCUT2D eigenvalue weighted by Crippen LogP contribution is 2.19. The maximum atomic E-state index is 3.48. The summed E-state index contributed by atoms with van der Waals surface area (Å²) in [7, 11) is 4.24. The molecule has 2 nitrogen and oxygen atoms in total. The number of hydrogen-bond donors (Lipinski definition) is 1. The van der Waals surface area contributed by atoms with Crippen molar-refractivity contribution in [2.24, 2.45) is 0 Å². The van der Waals surface area contributed by atoms with Crippen LogP contribution in [-0.2, 0) is 0 Å². The molecule has 1 aromatic rings. The number of nitrogens with zero attached hydrogens (tertiary/aromatic N) is 1. The Labute approximate surface area is 124 Å². The minimum Gasteiger partial charge on any atom is -0.313 e. The highest BCUT2D eigenvalue weighted by atomic mass is 79.9. The lowest BCUT2D eigenvalue weighted by Crippen LogP contribution is -2.27. The number of benzene rings is 1. The van der Waals surface area contributed by atoms with E-state index in [0.717, 1.165) is 24.0 Å². The van der Waals surface area contributed by atoms with E-state index in [1.165, 1.54) is 11.3 Å². The molecule has 1 rings (SSSR count). The van der Waals surface area contributed by atoms with Crippen LogP contribution in [0, 0.1) is 0 Å². The molecule has 0 aliphatic rings. The van der Waals surface area contributed by atoms with Crippen molar-refractivity contribution in [1.29, 1.82) is 0 Å². The van der Waals surface area contributed by atoms with Crippen LogP contribution in [0.4, 0.5) is 0 Å². The minimum absolute atomic E-state index is 0.440. The van der Waals surface area contributed by atoms with Crippen LogP contribution in [0.15, 0.2) is 28.7 Å². The van der Waals surface area contributed by atoms with Crippen LogP contribution in [0.25, 0.3) is 0 Å². The molecule has 1 unspecified atom stereocenters. The van der Waals surface area contributed by atoms with Gasteiger partial charge in [-0.05, 0) is 51.0 Å². The first-order valence-electron chi connectivity index (χ1n) is 6.27. The Morgan fingerprint density at radius 1 is 1.28 bits per heavy atom. The number of nitrogens with one attached hydrogen (secondary N) is 1. The second-order valence-corrected chi connectivity index (χ2v) is 6.38. The molecule has 102 valence electrons. The highest BCUT2D eigenvalue weighted by Gasteiger charge is 2.10. The molecule has 0 aromatic heterocycles. The molecule has 1 atom stereocenters. The number of rotatable bonds is 8. The zero-order chi connectivity index (χ0) is 13.4. The molecule has 0 amide bonds. The Morgan fingerprint density at radius 3 is 2.50 bits per heavy atom. The third-order valence-electron chi connectivity index (χ3n) is 3.10. The van der Waals surface area contributed by atoms with Gasteiger partial charge in [-0.3, -0.25) is 0 Å². The molecule has 1 N–H and O–H groups in total. The molecule has 1 aromatic carbocycles. The normalized spacial score (nSPS) is 12.9. The van der Waals surface area contributed by atoms with Gasteiger partial charge in [-0.2, -0.15) is 11.8 Å². The number of halogens is 1. The van der Waals surface area contributed by atoms with E-state index in [-0.39, 0.29) is 0 Å². The zero-order valence-corrected chi connectivity index (χ0v) is 13.9. The molecule has 0 spiro atoms. The summed E-state index contributed by atoms with van der Waals surface area (Å²) in [5.41, 5.74) is 1.36. The Morgan fingerprint density at radius 2 is 1.94 bits per heavy atom. The molecule has 18 heavy (non-hydrogen) atoms. The van der Waals surface area contributed by atoms with E-state index >= 15 is 0 Å². The maximum Gasteiger partial charge on any atom is 0.0329 e. The predicted molar refractivity (Wildman–Crippen MR) is 86.4 cm³/mol. The van der Waals surface area contributed by atoms with Crippen molar-refractivity contribution in [2.45, 2.75) is 12.5 Å². The summed E-state index contributed by atoms with van der Waals surface area (Å²) < 4.78 is 1.14. The lowest BCUT2D eigenvalue weighted by Gasteiger charge is -2.21. The van der Waals surface area contributed by atoms with Gasteiger partial charge in [0.05, 0.1) is 0 Å². The third kappa shape index (κ3) is 5.74. The van der Waals surface area contributed by atoms with Crippen molar-refractivity contribution in [3.8, 4) is 0 Å². The molecule has 0 saturated carbocycles. The van der Waals surface area contributed by atoms with Crippen molar-refractivity contribution >= 4 is 27.7 Å². The SMILES string of the molecule is CNC(CCN(C)CCSC)c1ccc(Br)cc1. The highest BCUT2D eigenvalue weighted by molar-refractivity contribution is 9.10. The average molecular weight is 331 g/mol. The molecule has 0 heterocycles. The number of hydrogen-bond acceptors (Lipinski definition) is 3. The van der Waals surface area contributed by atoms with E-state index in [0.29, 0.717) is 6.04 Å². The Kier molecular flexibility index (Phi) is 7.98. The summed E-state index contributed by atoms with van der Waals surface area (Å²) in [6, 6.07) is 9.03. The third-order valence-corrected chi connectivity index (χ3v) is 4.22. The van der Waals surface area contributed by atoms with Gasteiger partial charge in [0, 0.05) is 22.8 Å². The number of thioether (sulfide) groups is 1. The summed E-state index contributed by atoms with van der Waals surface area (Å²) in [4.78, 5) is 2.40. The summed E-state index contributed by atoms with van der Waals surface area (Å²) in [6.07, 6.45) is 3.30. The van der Waals surface area contributed by atoms with Gasteiger partial charge in [0.25, 0.3) is 0 Å². The van der Waals surface area contributed by atoms with Gasteiger partial charge in [-0.15, -0.1) is 0 Å². The monoisotopic (exact) mass is 330 g/mol. The summed E-state index contributed by atoms with van der Waals surface area (Å²) >= 11 is 5.38. The van der Waals surface area contributed by atoms with Gasteiger partial charge in [0.1, 0.15) is 0 Å². The van der Waals surface area contributed by atoms with Crippen LogP contribution in [0.2, 0.25) is 0 Å². The van der Waals surface area contributed by atoms with E-state index in [4.69, 9.17) is 0 Å². The molecule has 0 radical (unpaired) electrons. The first kappa shape index (κ1) is 16.0. The second kappa shape index (κ2) is 8.97. The topological polar surface area (TPSA) is 15.3 Å². The second-order valence-electron chi connectivity index (χ2n) is 4.48. The van der Waals surface area contributed by atoms with Crippen molar-refractivity contribution in [1.82, 2.24) is 10.2 Å². The van der Waals surface area contributed by atoms with Crippen LogP contribution in [-0.4, -0.2) is 44.1 Å². The molecule has 0 bridgehead atoms. The summed E-state index contributed by atoms with van der Waals surface area (Å²) in [5, 5.41) is 3.40. The van der Waals surface area contributed by atoms with Crippen LogP contribution in [0.5, 0.6) is 0 Å². The lowest BCUT2D eigenvalue weighted by atomic mass is 10.0. The smallest absolute Gasteiger partial charge is 0.0329 e. The van der Waals surface area contributed by atoms with Gasteiger partial charge in [-0.1, -0.05) is 28.1 Å². The molecule has 4 heteroatoms. The maximum absolute atomic E-state index is 3.48. The van der Waals surface area contributed by atoms with Gasteiger partial charge >= 0.3 is 0 Å². The summed E-state index contributed by atoms with van der Waals surface area (Å²) in [5.74, 6) is 1.21. The Hall–Kier alpha value is -0.0300. The standard InChI is InChI=1S/C14H23BrN2S/c1-16-14(8-9-17(2)10-11-18-3)12-4-6-13(15)7-5-12/h4-7,14,16H,8-11H2,1-3H3.